The second kappa shape index (κ2) is 15.2. The Labute approximate surface area is 144 Å². The summed E-state index contributed by atoms with van der Waals surface area (Å²) in [4.78, 5) is 2.49. The van der Waals surface area contributed by atoms with Gasteiger partial charge in [0.05, 0.1) is 0 Å². The average Bonchev–Trinajstić information content (AvgIpc) is 2.54. The van der Waals surface area contributed by atoms with Crippen LogP contribution in [0.2, 0.25) is 0 Å². The third kappa shape index (κ3) is 10.1. The summed E-state index contributed by atoms with van der Waals surface area (Å²) >= 11 is 0. The van der Waals surface area contributed by atoms with Crippen LogP contribution in [0.3, 0.4) is 0 Å². The molecule has 0 fully saturated rings. The Hall–Kier alpha value is -0.690. The van der Waals surface area contributed by atoms with Crippen molar-refractivity contribution < 1.29 is 0 Å². The number of anilines is 1. The van der Waals surface area contributed by atoms with Gasteiger partial charge < -0.3 is 4.90 Å². The Morgan fingerprint density at radius 3 is 1.68 bits per heavy atom. The standard InChI is InChI=1S/C20H35N.ClH/c1-3-5-6-7-8-9-10-11-12-16-19-21(4-2)20-17-14-13-15-18-20;/h13-15,17-18H,3-12,16,19H2,1-2H3;1H. The molecule has 0 aliphatic rings. The van der Waals surface area contributed by atoms with Gasteiger partial charge in [-0.25, -0.2) is 0 Å². The number of para-hydroxylation sites is 1. The summed E-state index contributed by atoms with van der Waals surface area (Å²) in [5, 5.41) is 0. The van der Waals surface area contributed by atoms with Crippen molar-refractivity contribution in [2.24, 2.45) is 0 Å². The van der Waals surface area contributed by atoms with E-state index in [-0.39, 0.29) is 12.4 Å². The summed E-state index contributed by atoms with van der Waals surface area (Å²) in [7, 11) is 0. The summed E-state index contributed by atoms with van der Waals surface area (Å²) < 4.78 is 0. The van der Waals surface area contributed by atoms with Crippen LogP contribution in [0.1, 0.15) is 78.1 Å². The number of hydrogen-bond acceptors (Lipinski definition) is 1. The Bertz CT molecular complexity index is 326. The van der Waals surface area contributed by atoms with Gasteiger partial charge >= 0.3 is 0 Å². The SMILES string of the molecule is CCCCCCCCCCCCN(CC)c1ccccc1.Cl. The zero-order chi connectivity index (χ0) is 15.2. The molecular weight excluding hydrogens is 290 g/mol. The molecule has 0 aliphatic heterocycles. The minimum absolute atomic E-state index is 0. The molecule has 0 amide bonds. The van der Waals surface area contributed by atoms with Crippen LogP contribution < -0.4 is 4.90 Å². The number of hydrogen-bond donors (Lipinski definition) is 0. The van der Waals surface area contributed by atoms with E-state index in [1.165, 1.54) is 76.4 Å². The van der Waals surface area contributed by atoms with Crippen molar-refractivity contribution in [3.05, 3.63) is 30.3 Å². The predicted molar refractivity (Wildman–Crippen MR) is 103 cm³/mol. The first-order chi connectivity index (χ1) is 10.4. The van der Waals surface area contributed by atoms with E-state index in [0.717, 1.165) is 6.54 Å². The first-order valence-corrected chi connectivity index (χ1v) is 9.18. The molecule has 0 atom stereocenters. The van der Waals surface area contributed by atoms with Gasteiger partial charge in [0.15, 0.2) is 0 Å². The lowest BCUT2D eigenvalue weighted by Gasteiger charge is -2.23. The van der Waals surface area contributed by atoms with Crippen molar-refractivity contribution in [1.29, 1.82) is 0 Å². The fraction of sp³-hybridized carbons (Fsp3) is 0.700. The first kappa shape index (κ1) is 21.3. The van der Waals surface area contributed by atoms with Crippen LogP contribution in [0.25, 0.3) is 0 Å². The van der Waals surface area contributed by atoms with E-state index in [0.29, 0.717) is 0 Å². The van der Waals surface area contributed by atoms with Gasteiger partial charge in [-0.3, -0.25) is 0 Å². The largest absolute Gasteiger partial charge is 0.372 e. The molecule has 1 aromatic rings. The third-order valence-electron chi connectivity index (χ3n) is 4.28. The molecular formula is C20H36ClN. The second-order valence-electron chi connectivity index (χ2n) is 6.10. The lowest BCUT2D eigenvalue weighted by molar-refractivity contribution is 0.555. The fourth-order valence-corrected chi connectivity index (χ4v) is 2.90. The third-order valence-corrected chi connectivity index (χ3v) is 4.28. The molecule has 1 aromatic carbocycles. The zero-order valence-corrected chi connectivity index (χ0v) is 15.5. The smallest absolute Gasteiger partial charge is 0.0366 e. The molecule has 0 aromatic heterocycles. The van der Waals surface area contributed by atoms with Crippen molar-refractivity contribution in [3.63, 3.8) is 0 Å². The van der Waals surface area contributed by atoms with Crippen molar-refractivity contribution >= 4 is 18.1 Å². The Morgan fingerprint density at radius 2 is 1.18 bits per heavy atom. The highest BCUT2D eigenvalue weighted by atomic mass is 35.5. The van der Waals surface area contributed by atoms with E-state index in [1.54, 1.807) is 0 Å². The quantitative estimate of drug-likeness (QED) is 0.358. The van der Waals surface area contributed by atoms with E-state index in [4.69, 9.17) is 0 Å². The number of halogens is 1. The average molecular weight is 326 g/mol. The van der Waals surface area contributed by atoms with Crippen molar-refractivity contribution in [2.45, 2.75) is 78.1 Å². The molecule has 0 N–H and O–H groups in total. The summed E-state index contributed by atoms with van der Waals surface area (Å²) in [5.74, 6) is 0. The summed E-state index contributed by atoms with van der Waals surface area (Å²) in [5.41, 5.74) is 1.37. The molecule has 0 saturated heterocycles. The van der Waals surface area contributed by atoms with Gasteiger partial charge in [0.1, 0.15) is 0 Å². The lowest BCUT2D eigenvalue weighted by atomic mass is 10.1. The van der Waals surface area contributed by atoms with Crippen molar-refractivity contribution in [3.8, 4) is 0 Å². The Morgan fingerprint density at radius 1 is 0.682 bits per heavy atom. The molecule has 0 aliphatic carbocycles. The van der Waals surface area contributed by atoms with Gasteiger partial charge in [0.2, 0.25) is 0 Å². The van der Waals surface area contributed by atoms with Crippen molar-refractivity contribution in [1.82, 2.24) is 0 Å². The molecule has 128 valence electrons. The van der Waals surface area contributed by atoms with E-state index >= 15 is 0 Å². The minimum atomic E-state index is 0. The topological polar surface area (TPSA) is 3.24 Å². The molecule has 22 heavy (non-hydrogen) atoms. The zero-order valence-electron chi connectivity index (χ0n) is 14.7. The molecule has 0 saturated carbocycles. The molecule has 0 bridgehead atoms. The van der Waals surface area contributed by atoms with Gasteiger partial charge in [-0.15, -0.1) is 12.4 Å². The minimum Gasteiger partial charge on any atom is -0.372 e. The summed E-state index contributed by atoms with van der Waals surface area (Å²) in [6.45, 7) is 6.86. The van der Waals surface area contributed by atoms with E-state index < -0.39 is 0 Å². The van der Waals surface area contributed by atoms with Gasteiger partial charge in [-0.1, -0.05) is 82.9 Å². The maximum atomic E-state index is 2.49. The number of benzene rings is 1. The predicted octanol–water partition coefficient (Wildman–Crippen LogP) is 6.86. The fourth-order valence-electron chi connectivity index (χ4n) is 2.90. The monoisotopic (exact) mass is 325 g/mol. The van der Waals surface area contributed by atoms with Crippen LogP contribution in [0.15, 0.2) is 30.3 Å². The highest BCUT2D eigenvalue weighted by molar-refractivity contribution is 5.85. The maximum absolute atomic E-state index is 2.49. The van der Waals surface area contributed by atoms with Crippen LogP contribution in [0, 0.1) is 0 Å². The maximum Gasteiger partial charge on any atom is 0.0366 e. The Kier molecular flexibility index (Phi) is 14.7. The summed E-state index contributed by atoms with van der Waals surface area (Å²) in [6.07, 6.45) is 14.1. The van der Waals surface area contributed by atoms with Crippen molar-refractivity contribution in [2.75, 3.05) is 18.0 Å². The number of nitrogens with zero attached hydrogens (tertiary/aromatic N) is 1. The molecule has 0 unspecified atom stereocenters. The van der Waals surface area contributed by atoms with Crippen LogP contribution in [-0.2, 0) is 0 Å². The van der Waals surface area contributed by atoms with E-state index in [2.05, 4.69) is 49.1 Å². The Balaban J connectivity index is 0.00000441. The van der Waals surface area contributed by atoms with Gasteiger partial charge in [-0.05, 0) is 25.5 Å². The molecule has 0 radical (unpaired) electrons. The molecule has 1 rings (SSSR count). The molecule has 0 heterocycles. The molecule has 2 heteroatoms. The van der Waals surface area contributed by atoms with Crippen LogP contribution in [0.5, 0.6) is 0 Å². The summed E-state index contributed by atoms with van der Waals surface area (Å²) in [6, 6.07) is 10.8. The normalized spacial score (nSPS) is 10.3. The highest BCUT2D eigenvalue weighted by Crippen LogP contribution is 2.15. The highest BCUT2D eigenvalue weighted by Gasteiger charge is 2.02. The number of unbranched alkanes of at least 4 members (excludes halogenated alkanes) is 9. The lowest BCUT2D eigenvalue weighted by Crippen LogP contribution is -2.23. The van der Waals surface area contributed by atoms with Crippen LogP contribution >= 0.6 is 12.4 Å². The van der Waals surface area contributed by atoms with E-state index in [1.807, 2.05) is 0 Å². The van der Waals surface area contributed by atoms with E-state index in [9.17, 15) is 0 Å². The van der Waals surface area contributed by atoms with Gasteiger partial charge in [-0.2, -0.15) is 0 Å². The van der Waals surface area contributed by atoms with Gasteiger partial charge in [0, 0.05) is 18.8 Å². The molecule has 1 nitrogen and oxygen atoms in total. The molecule has 0 spiro atoms. The number of rotatable bonds is 13. The first-order valence-electron chi connectivity index (χ1n) is 9.18. The second-order valence-corrected chi connectivity index (χ2v) is 6.10. The van der Waals surface area contributed by atoms with Crippen LogP contribution in [-0.4, -0.2) is 13.1 Å². The van der Waals surface area contributed by atoms with Crippen LogP contribution in [0.4, 0.5) is 5.69 Å². The van der Waals surface area contributed by atoms with Gasteiger partial charge in [0.25, 0.3) is 0 Å².